The van der Waals surface area contributed by atoms with Gasteiger partial charge in [0.25, 0.3) is 5.91 Å². The summed E-state index contributed by atoms with van der Waals surface area (Å²) < 4.78 is 26.3. The first-order chi connectivity index (χ1) is 15.8. The predicted octanol–water partition coefficient (Wildman–Crippen LogP) is 2.90. The number of thiophene rings is 1. The maximum absolute atomic E-state index is 13.2. The summed E-state index contributed by atoms with van der Waals surface area (Å²) in [7, 11) is 0. The number of fused-ring (bicyclic) bond motifs is 2. The Balaban J connectivity index is 1.27. The molecule has 0 unspecified atom stereocenters. The normalized spacial score (nSPS) is 22.7. The van der Waals surface area contributed by atoms with Gasteiger partial charge in [-0.3, -0.25) is 4.79 Å². The van der Waals surface area contributed by atoms with Gasteiger partial charge in [0, 0.05) is 41.9 Å². The molecule has 1 fully saturated rings. The largest absolute Gasteiger partial charge is 0.397 e. The topological polar surface area (TPSA) is 110 Å². The highest BCUT2D eigenvalue weighted by Gasteiger charge is 2.37. The van der Waals surface area contributed by atoms with Crippen LogP contribution in [0.1, 0.15) is 33.0 Å². The Bertz CT molecular complexity index is 1220. The number of carbonyl (C=O) groups excluding carboxylic acids is 1. The Kier molecular flexibility index (Phi) is 5.65. The third kappa shape index (κ3) is 4.13. The summed E-state index contributed by atoms with van der Waals surface area (Å²) in [6, 6.07) is 7.05. The molecule has 4 heterocycles. The van der Waals surface area contributed by atoms with Gasteiger partial charge in [0.15, 0.2) is 0 Å². The van der Waals surface area contributed by atoms with E-state index in [1.807, 2.05) is 36.1 Å². The van der Waals surface area contributed by atoms with E-state index in [1.165, 1.54) is 11.3 Å². The number of rotatable bonds is 4. The molecule has 1 aliphatic heterocycles. The Hall–Kier alpha value is -2.85. The van der Waals surface area contributed by atoms with Crippen molar-refractivity contribution in [2.75, 3.05) is 23.7 Å². The van der Waals surface area contributed by atoms with Gasteiger partial charge >= 0.3 is 0 Å². The van der Waals surface area contributed by atoms with Crippen LogP contribution in [-0.2, 0) is 12.8 Å². The van der Waals surface area contributed by atoms with Crippen LogP contribution >= 0.6 is 11.3 Å². The molecule has 174 valence electrons. The number of nitrogen functional groups attached to an aromatic ring is 1. The number of hydrogen-bond acceptors (Lipinski definition) is 7. The van der Waals surface area contributed by atoms with E-state index in [-0.39, 0.29) is 18.5 Å². The van der Waals surface area contributed by atoms with Gasteiger partial charge in [-0.15, -0.1) is 11.3 Å². The van der Waals surface area contributed by atoms with E-state index in [1.54, 1.807) is 0 Å². The SMILES string of the molecule is Cc1ccc2c(N)c(C(=O)N[C@H]3CCc4nc(N5C[C@H](N)[C@H](C(F)F)C5)ccc4C3)sc2n1. The molecule has 3 atom stereocenters. The van der Waals surface area contributed by atoms with Crippen molar-refractivity contribution in [2.45, 2.75) is 44.7 Å². The number of nitrogens with one attached hydrogen (secondary N) is 1. The maximum atomic E-state index is 13.2. The van der Waals surface area contributed by atoms with Gasteiger partial charge in [-0.05, 0) is 49.9 Å². The average Bonchev–Trinajstić information content (AvgIpc) is 3.33. The van der Waals surface area contributed by atoms with E-state index >= 15 is 0 Å². The van der Waals surface area contributed by atoms with E-state index in [2.05, 4.69) is 10.3 Å². The summed E-state index contributed by atoms with van der Waals surface area (Å²) in [5.74, 6) is -0.325. The number of amides is 1. The minimum Gasteiger partial charge on any atom is -0.397 e. The summed E-state index contributed by atoms with van der Waals surface area (Å²) in [6.07, 6.45) is -0.317. The molecule has 5 N–H and O–H groups in total. The highest BCUT2D eigenvalue weighted by Crippen LogP contribution is 2.33. The molecule has 1 amide bonds. The van der Waals surface area contributed by atoms with Crippen molar-refractivity contribution in [3.05, 3.63) is 46.1 Å². The summed E-state index contributed by atoms with van der Waals surface area (Å²) in [6.45, 7) is 2.50. The lowest BCUT2D eigenvalue weighted by atomic mass is 9.91. The standard InChI is InChI=1S/C23H26F2N6OS/c1-11-2-5-14-19(27)20(33-23(14)28-11)22(32)29-13-4-6-17-12(8-13)3-7-18(30-17)31-9-15(21(24)25)16(26)10-31/h2-3,5,7,13,15-16,21H,4,6,8-10,26-27H2,1H3,(H,29,32)/t13-,15+,16-/m0/s1. The van der Waals surface area contributed by atoms with Crippen LogP contribution in [0.2, 0.25) is 0 Å². The minimum atomic E-state index is -2.43. The highest BCUT2D eigenvalue weighted by molar-refractivity contribution is 7.21. The average molecular weight is 473 g/mol. The molecule has 3 aromatic rings. The van der Waals surface area contributed by atoms with Crippen LogP contribution in [0.4, 0.5) is 20.3 Å². The van der Waals surface area contributed by atoms with Crippen LogP contribution in [-0.4, -0.2) is 47.5 Å². The summed E-state index contributed by atoms with van der Waals surface area (Å²) in [5, 5.41) is 3.91. The van der Waals surface area contributed by atoms with Crippen molar-refractivity contribution in [3.8, 4) is 0 Å². The van der Waals surface area contributed by atoms with Gasteiger partial charge in [0.05, 0.1) is 11.6 Å². The molecule has 10 heteroatoms. The molecule has 0 radical (unpaired) electrons. The fourth-order valence-electron chi connectivity index (χ4n) is 4.72. The molecule has 0 spiro atoms. The van der Waals surface area contributed by atoms with E-state index in [9.17, 15) is 13.6 Å². The first-order valence-corrected chi connectivity index (χ1v) is 11.9. The first kappa shape index (κ1) is 22.0. The fraction of sp³-hybridized carbons (Fsp3) is 0.435. The third-order valence-corrected chi connectivity index (χ3v) is 7.70. The third-order valence-electron chi connectivity index (χ3n) is 6.58. The van der Waals surface area contributed by atoms with Gasteiger partial charge in [0.2, 0.25) is 6.43 Å². The zero-order chi connectivity index (χ0) is 23.3. The Morgan fingerprint density at radius 2 is 2.06 bits per heavy atom. The maximum Gasteiger partial charge on any atom is 0.263 e. The lowest BCUT2D eigenvalue weighted by molar-refractivity contribution is 0.0804. The van der Waals surface area contributed by atoms with Crippen molar-refractivity contribution in [2.24, 2.45) is 11.7 Å². The number of aromatic nitrogens is 2. The number of hydrogen-bond donors (Lipinski definition) is 3. The van der Waals surface area contributed by atoms with Gasteiger partial charge in [0.1, 0.15) is 15.5 Å². The molecule has 0 bridgehead atoms. The van der Waals surface area contributed by atoms with Crippen LogP contribution in [0.15, 0.2) is 24.3 Å². The second-order valence-electron chi connectivity index (χ2n) is 8.91. The molecule has 5 rings (SSSR count). The minimum absolute atomic E-state index is 0.0274. The number of pyridine rings is 2. The van der Waals surface area contributed by atoms with Crippen LogP contribution in [0.5, 0.6) is 0 Å². The van der Waals surface area contributed by atoms with E-state index in [0.717, 1.165) is 33.6 Å². The Labute approximate surface area is 194 Å². The number of aryl methyl sites for hydroxylation is 2. The summed E-state index contributed by atoms with van der Waals surface area (Å²) in [5.41, 5.74) is 15.5. The Morgan fingerprint density at radius 1 is 1.24 bits per heavy atom. The number of carbonyl (C=O) groups is 1. The van der Waals surface area contributed by atoms with Gasteiger partial charge in [-0.25, -0.2) is 18.7 Å². The number of halogens is 2. The molecule has 2 aliphatic rings. The highest BCUT2D eigenvalue weighted by atomic mass is 32.1. The molecule has 3 aromatic heterocycles. The molecule has 7 nitrogen and oxygen atoms in total. The lowest BCUT2D eigenvalue weighted by Gasteiger charge is -2.26. The molecular formula is C23H26F2N6OS. The molecule has 0 aromatic carbocycles. The summed E-state index contributed by atoms with van der Waals surface area (Å²) >= 11 is 1.31. The van der Waals surface area contributed by atoms with E-state index in [0.29, 0.717) is 35.8 Å². The number of alkyl halides is 2. The van der Waals surface area contributed by atoms with Gasteiger partial charge < -0.3 is 21.7 Å². The number of nitrogens with zero attached hydrogens (tertiary/aromatic N) is 3. The lowest BCUT2D eigenvalue weighted by Crippen LogP contribution is -2.39. The zero-order valence-corrected chi connectivity index (χ0v) is 19.0. The Morgan fingerprint density at radius 3 is 2.82 bits per heavy atom. The van der Waals surface area contributed by atoms with Crippen LogP contribution in [0, 0.1) is 12.8 Å². The van der Waals surface area contributed by atoms with Crippen molar-refractivity contribution in [1.29, 1.82) is 0 Å². The summed E-state index contributed by atoms with van der Waals surface area (Å²) in [4.78, 5) is 25.2. The molecule has 33 heavy (non-hydrogen) atoms. The smallest absolute Gasteiger partial charge is 0.263 e. The molecule has 0 saturated carbocycles. The fourth-order valence-corrected chi connectivity index (χ4v) is 5.76. The number of nitrogens with two attached hydrogens (primary N) is 2. The molecule has 1 saturated heterocycles. The van der Waals surface area contributed by atoms with Gasteiger partial charge in [-0.2, -0.15) is 0 Å². The quantitative estimate of drug-likeness (QED) is 0.539. The molecule has 1 aliphatic carbocycles. The number of anilines is 2. The van der Waals surface area contributed by atoms with Crippen LogP contribution in [0.25, 0.3) is 10.2 Å². The van der Waals surface area contributed by atoms with Crippen molar-refractivity contribution >= 4 is 39.0 Å². The molecular weight excluding hydrogens is 446 g/mol. The van der Waals surface area contributed by atoms with Crippen LogP contribution in [0.3, 0.4) is 0 Å². The van der Waals surface area contributed by atoms with Crippen molar-refractivity contribution in [3.63, 3.8) is 0 Å². The van der Waals surface area contributed by atoms with E-state index < -0.39 is 18.4 Å². The monoisotopic (exact) mass is 472 g/mol. The van der Waals surface area contributed by atoms with E-state index in [4.69, 9.17) is 16.5 Å². The van der Waals surface area contributed by atoms with Crippen molar-refractivity contribution in [1.82, 2.24) is 15.3 Å². The second-order valence-corrected chi connectivity index (χ2v) is 9.90. The second kappa shape index (κ2) is 8.49. The zero-order valence-electron chi connectivity index (χ0n) is 18.2. The van der Waals surface area contributed by atoms with Gasteiger partial charge in [-0.1, -0.05) is 6.07 Å². The predicted molar refractivity (Wildman–Crippen MR) is 126 cm³/mol. The van der Waals surface area contributed by atoms with Crippen LogP contribution < -0.4 is 21.7 Å². The van der Waals surface area contributed by atoms with Crippen molar-refractivity contribution < 1.29 is 13.6 Å². The first-order valence-electron chi connectivity index (χ1n) is 11.0.